The van der Waals surface area contributed by atoms with Crippen LogP contribution in [0.5, 0.6) is 0 Å². The fraction of sp³-hybridized carbons (Fsp3) is 0.308. The summed E-state index contributed by atoms with van der Waals surface area (Å²) in [6.07, 6.45) is 2.20. The van der Waals surface area contributed by atoms with Crippen LogP contribution < -0.4 is 5.56 Å². The van der Waals surface area contributed by atoms with E-state index in [4.69, 9.17) is 11.6 Å². The molecule has 1 aliphatic rings. The van der Waals surface area contributed by atoms with Crippen LogP contribution >= 0.6 is 22.9 Å². The Hall–Kier alpha value is -1.06. The van der Waals surface area contributed by atoms with Crippen LogP contribution in [-0.2, 0) is 5.88 Å². The van der Waals surface area contributed by atoms with Gasteiger partial charge in [0.25, 0.3) is 5.56 Å². The Morgan fingerprint density at radius 2 is 2.18 bits per heavy atom. The van der Waals surface area contributed by atoms with Gasteiger partial charge in [-0.25, -0.2) is 0 Å². The van der Waals surface area contributed by atoms with Crippen LogP contribution in [0.15, 0.2) is 34.4 Å². The van der Waals surface area contributed by atoms with E-state index in [-0.39, 0.29) is 11.4 Å². The van der Waals surface area contributed by atoms with Crippen LogP contribution in [0.25, 0.3) is 10.6 Å². The van der Waals surface area contributed by atoms with E-state index < -0.39 is 0 Å². The monoisotopic (exact) mass is 265 g/mol. The summed E-state index contributed by atoms with van der Waals surface area (Å²) in [5.74, 6) is 0.288. The maximum atomic E-state index is 12.3. The van der Waals surface area contributed by atoms with Crippen LogP contribution in [-0.4, -0.2) is 4.57 Å². The summed E-state index contributed by atoms with van der Waals surface area (Å²) >= 11 is 7.46. The molecule has 4 heteroatoms. The largest absolute Gasteiger partial charge is 0.304 e. The van der Waals surface area contributed by atoms with Crippen LogP contribution in [0, 0.1) is 0 Å². The predicted molar refractivity (Wildman–Crippen MR) is 71.8 cm³/mol. The van der Waals surface area contributed by atoms with E-state index in [1.54, 1.807) is 11.3 Å². The summed E-state index contributed by atoms with van der Waals surface area (Å²) in [4.78, 5) is 13.4. The van der Waals surface area contributed by atoms with Gasteiger partial charge in [0.05, 0.1) is 16.5 Å². The second-order valence-corrected chi connectivity index (χ2v) is 5.48. The van der Waals surface area contributed by atoms with Crippen molar-refractivity contribution in [3.8, 4) is 10.6 Å². The summed E-state index contributed by atoms with van der Waals surface area (Å²) in [5, 5.41) is 2.03. The van der Waals surface area contributed by atoms with E-state index in [1.165, 1.54) is 0 Å². The van der Waals surface area contributed by atoms with E-state index in [9.17, 15) is 4.79 Å². The number of hydrogen-bond donors (Lipinski definition) is 0. The molecule has 2 aromatic rings. The van der Waals surface area contributed by atoms with Crippen molar-refractivity contribution in [3.05, 3.63) is 45.6 Å². The number of hydrogen-bond acceptors (Lipinski definition) is 2. The maximum Gasteiger partial charge on any atom is 0.255 e. The van der Waals surface area contributed by atoms with Crippen molar-refractivity contribution >= 4 is 22.9 Å². The van der Waals surface area contributed by atoms with Gasteiger partial charge in [-0.1, -0.05) is 12.1 Å². The number of nitrogens with zero attached hydrogens (tertiary/aromatic N) is 1. The van der Waals surface area contributed by atoms with Gasteiger partial charge in [0.1, 0.15) is 0 Å². The molecule has 0 spiro atoms. The summed E-state index contributed by atoms with van der Waals surface area (Å²) in [7, 11) is 0. The average molecular weight is 266 g/mol. The van der Waals surface area contributed by atoms with Crippen molar-refractivity contribution in [1.29, 1.82) is 0 Å². The van der Waals surface area contributed by atoms with Crippen molar-refractivity contribution in [2.24, 2.45) is 0 Å². The number of rotatable bonds is 3. The molecular weight excluding hydrogens is 254 g/mol. The summed E-state index contributed by atoms with van der Waals surface area (Å²) in [6.45, 7) is 0. The zero-order valence-corrected chi connectivity index (χ0v) is 10.8. The lowest BCUT2D eigenvalue weighted by Crippen LogP contribution is -2.23. The lowest BCUT2D eigenvalue weighted by molar-refractivity contribution is 0.710. The highest BCUT2D eigenvalue weighted by Gasteiger charge is 2.27. The first-order chi connectivity index (χ1) is 8.31. The van der Waals surface area contributed by atoms with Gasteiger partial charge < -0.3 is 4.57 Å². The Balaban J connectivity index is 2.22. The Kier molecular flexibility index (Phi) is 2.81. The second kappa shape index (κ2) is 4.31. The third-order valence-electron chi connectivity index (χ3n) is 3.03. The van der Waals surface area contributed by atoms with Crippen molar-refractivity contribution in [1.82, 2.24) is 4.57 Å². The van der Waals surface area contributed by atoms with Crippen LogP contribution in [0.2, 0.25) is 0 Å². The average Bonchev–Trinajstić information content (AvgIpc) is 3.03. The molecular formula is C13H12ClNOS. The van der Waals surface area contributed by atoms with Gasteiger partial charge in [-0.15, -0.1) is 22.9 Å². The van der Waals surface area contributed by atoms with Crippen LogP contribution in [0.4, 0.5) is 0 Å². The fourth-order valence-corrected chi connectivity index (χ4v) is 2.97. The smallest absolute Gasteiger partial charge is 0.255 e. The Bertz CT molecular complexity index is 584. The molecule has 1 saturated carbocycles. The minimum Gasteiger partial charge on any atom is -0.304 e. The van der Waals surface area contributed by atoms with Crippen molar-refractivity contribution < 1.29 is 0 Å². The molecule has 0 bridgehead atoms. The van der Waals surface area contributed by atoms with E-state index in [2.05, 4.69) is 6.07 Å². The second-order valence-electron chi connectivity index (χ2n) is 4.26. The molecule has 0 radical (unpaired) electrons. The van der Waals surface area contributed by atoms with Crippen LogP contribution in [0.1, 0.15) is 24.4 Å². The van der Waals surface area contributed by atoms with Crippen molar-refractivity contribution in [2.45, 2.75) is 24.8 Å². The molecule has 0 saturated heterocycles. The molecule has 17 heavy (non-hydrogen) atoms. The van der Waals surface area contributed by atoms with Gasteiger partial charge in [-0.05, 0) is 30.4 Å². The fourth-order valence-electron chi connectivity index (χ4n) is 2.02. The minimum atomic E-state index is 0.0772. The number of alkyl halides is 1. The summed E-state index contributed by atoms with van der Waals surface area (Å²) < 4.78 is 1.92. The maximum absolute atomic E-state index is 12.3. The third kappa shape index (κ3) is 1.94. The molecule has 0 aliphatic heterocycles. The van der Waals surface area contributed by atoms with Gasteiger partial charge in [0.2, 0.25) is 0 Å². The van der Waals surface area contributed by atoms with E-state index in [0.717, 1.165) is 23.4 Å². The minimum absolute atomic E-state index is 0.0772. The quantitative estimate of drug-likeness (QED) is 0.777. The van der Waals surface area contributed by atoms with Gasteiger partial charge >= 0.3 is 0 Å². The zero-order valence-electron chi connectivity index (χ0n) is 9.23. The first-order valence-corrected chi connectivity index (χ1v) is 7.07. The summed E-state index contributed by atoms with van der Waals surface area (Å²) in [6, 6.07) is 8.31. The molecule has 0 N–H and O–H groups in total. The van der Waals surface area contributed by atoms with E-state index >= 15 is 0 Å². The highest BCUT2D eigenvalue weighted by atomic mass is 35.5. The third-order valence-corrected chi connectivity index (χ3v) is 4.21. The molecule has 1 fully saturated rings. The molecule has 3 rings (SSSR count). The van der Waals surface area contributed by atoms with E-state index in [1.807, 2.05) is 28.1 Å². The molecule has 1 aliphatic carbocycles. The molecule has 2 aromatic heterocycles. The SMILES string of the molecule is O=c1c(CCl)ccc(-c2cccs2)n1C1CC1. The lowest BCUT2D eigenvalue weighted by atomic mass is 10.2. The molecule has 88 valence electrons. The highest BCUT2D eigenvalue weighted by molar-refractivity contribution is 7.13. The predicted octanol–water partition coefficient (Wildman–Crippen LogP) is 3.65. The number of pyridine rings is 1. The first-order valence-electron chi connectivity index (χ1n) is 5.65. The van der Waals surface area contributed by atoms with Crippen molar-refractivity contribution in [3.63, 3.8) is 0 Å². The van der Waals surface area contributed by atoms with Crippen molar-refractivity contribution in [2.75, 3.05) is 0 Å². The Morgan fingerprint density at radius 1 is 1.35 bits per heavy atom. The van der Waals surface area contributed by atoms with Gasteiger partial charge in [0.15, 0.2) is 0 Å². The lowest BCUT2D eigenvalue weighted by Gasteiger charge is -2.11. The molecule has 2 heterocycles. The first kappa shape index (κ1) is 11.1. The number of halogens is 1. The van der Waals surface area contributed by atoms with Gasteiger partial charge in [-0.2, -0.15) is 0 Å². The highest BCUT2D eigenvalue weighted by Crippen LogP contribution is 2.38. The van der Waals surface area contributed by atoms with Gasteiger partial charge in [0, 0.05) is 11.6 Å². The molecule has 0 unspecified atom stereocenters. The molecule has 0 aromatic carbocycles. The number of thiophene rings is 1. The standard InChI is InChI=1S/C13H12ClNOS/c14-8-9-3-6-11(12-2-1-7-17-12)15(13(9)16)10-4-5-10/h1-3,6-7,10H,4-5,8H2. The zero-order chi connectivity index (χ0) is 11.8. The Labute approximate surface area is 108 Å². The molecule has 0 amide bonds. The van der Waals surface area contributed by atoms with Crippen LogP contribution in [0.3, 0.4) is 0 Å². The normalized spacial score (nSPS) is 15.1. The van der Waals surface area contributed by atoms with Gasteiger partial charge in [-0.3, -0.25) is 4.79 Å². The molecule has 2 nitrogen and oxygen atoms in total. The topological polar surface area (TPSA) is 22.0 Å². The molecule has 0 atom stereocenters. The summed E-state index contributed by atoms with van der Waals surface area (Å²) in [5.41, 5.74) is 1.80. The van der Waals surface area contributed by atoms with E-state index in [0.29, 0.717) is 11.6 Å². The number of aromatic nitrogens is 1. The Morgan fingerprint density at radius 3 is 2.76 bits per heavy atom.